The highest BCUT2D eigenvalue weighted by molar-refractivity contribution is 6.08. The summed E-state index contributed by atoms with van der Waals surface area (Å²) in [6.07, 6.45) is 0. The number of carbonyl (C=O) groups is 1. The van der Waals surface area contributed by atoms with E-state index < -0.39 is 0 Å². The molecule has 0 saturated heterocycles. The van der Waals surface area contributed by atoms with Crippen LogP contribution in [0, 0.1) is 6.92 Å². The van der Waals surface area contributed by atoms with Crippen molar-refractivity contribution in [2.24, 2.45) is 0 Å². The molecule has 1 amide bonds. The maximum atomic E-state index is 12.5. The van der Waals surface area contributed by atoms with Crippen molar-refractivity contribution in [3.63, 3.8) is 0 Å². The van der Waals surface area contributed by atoms with E-state index in [4.69, 9.17) is 15.2 Å². The molecular formula is C16H18N2O3. The maximum absolute atomic E-state index is 12.5. The van der Waals surface area contributed by atoms with E-state index in [0.29, 0.717) is 28.4 Å². The molecule has 2 aromatic carbocycles. The molecule has 0 radical (unpaired) electrons. The number of ether oxygens (including phenoxy) is 2. The van der Waals surface area contributed by atoms with Gasteiger partial charge in [0.25, 0.3) is 5.91 Å². The first-order valence-electron chi connectivity index (χ1n) is 6.46. The van der Waals surface area contributed by atoms with Gasteiger partial charge in [0.2, 0.25) is 0 Å². The van der Waals surface area contributed by atoms with Crippen molar-refractivity contribution in [1.82, 2.24) is 0 Å². The lowest BCUT2D eigenvalue weighted by atomic mass is 10.1. The number of methoxy groups -OCH3 is 2. The van der Waals surface area contributed by atoms with Crippen LogP contribution < -0.4 is 20.5 Å². The molecule has 0 aromatic heterocycles. The molecule has 5 heteroatoms. The van der Waals surface area contributed by atoms with E-state index in [0.717, 1.165) is 5.56 Å². The molecule has 110 valence electrons. The molecule has 0 heterocycles. The van der Waals surface area contributed by atoms with Crippen molar-refractivity contribution in [3.8, 4) is 11.5 Å². The zero-order valence-corrected chi connectivity index (χ0v) is 12.3. The summed E-state index contributed by atoms with van der Waals surface area (Å²) in [4.78, 5) is 12.5. The number of hydrogen-bond donors (Lipinski definition) is 2. The fraction of sp³-hybridized carbons (Fsp3) is 0.188. The van der Waals surface area contributed by atoms with Crippen molar-refractivity contribution < 1.29 is 14.3 Å². The lowest BCUT2D eigenvalue weighted by Crippen LogP contribution is -2.15. The minimum absolute atomic E-state index is 0.299. The van der Waals surface area contributed by atoms with Crippen molar-refractivity contribution in [1.29, 1.82) is 0 Å². The van der Waals surface area contributed by atoms with Crippen LogP contribution in [-0.2, 0) is 0 Å². The summed E-state index contributed by atoms with van der Waals surface area (Å²) in [6, 6.07) is 10.6. The number of nitrogen functional groups attached to an aromatic ring is 1. The van der Waals surface area contributed by atoms with Crippen molar-refractivity contribution in [2.45, 2.75) is 6.92 Å². The molecule has 5 nitrogen and oxygen atoms in total. The standard InChI is InChI=1S/C16H18N2O3/c1-10-6-4-8-12(17)14(10)18-16(19)11-7-5-9-13(20-2)15(11)21-3/h4-9H,17H2,1-3H3,(H,18,19). The summed E-state index contributed by atoms with van der Waals surface area (Å²) in [5.41, 5.74) is 8.31. The Morgan fingerprint density at radius 1 is 1.10 bits per heavy atom. The second-order valence-electron chi connectivity index (χ2n) is 4.53. The van der Waals surface area contributed by atoms with Gasteiger partial charge < -0.3 is 20.5 Å². The summed E-state index contributed by atoms with van der Waals surface area (Å²) in [7, 11) is 3.02. The van der Waals surface area contributed by atoms with E-state index in [1.807, 2.05) is 19.1 Å². The Bertz CT molecular complexity index is 648. The van der Waals surface area contributed by atoms with Crippen LogP contribution in [0.25, 0.3) is 0 Å². The number of nitrogens with one attached hydrogen (secondary N) is 1. The normalized spacial score (nSPS) is 10.0. The second kappa shape index (κ2) is 6.17. The minimum atomic E-state index is -0.299. The van der Waals surface area contributed by atoms with Crippen LogP contribution in [0.3, 0.4) is 0 Å². The second-order valence-corrected chi connectivity index (χ2v) is 4.53. The third-order valence-corrected chi connectivity index (χ3v) is 3.19. The number of rotatable bonds is 4. The van der Waals surface area contributed by atoms with Gasteiger partial charge in [-0.15, -0.1) is 0 Å². The van der Waals surface area contributed by atoms with Gasteiger partial charge in [0, 0.05) is 0 Å². The van der Waals surface area contributed by atoms with E-state index >= 15 is 0 Å². The maximum Gasteiger partial charge on any atom is 0.259 e. The lowest BCUT2D eigenvalue weighted by Gasteiger charge is -2.14. The largest absolute Gasteiger partial charge is 0.493 e. The topological polar surface area (TPSA) is 73.6 Å². The van der Waals surface area contributed by atoms with Gasteiger partial charge in [-0.1, -0.05) is 18.2 Å². The van der Waals surface area contributed by atoms with Gasteiger partial charge in [-0.3, -0.25) is 4.79 Å². The Kier molecular flexibility index (Phi) is 4.33. The van der Waals surface area contributed by atoms with E-state index in [-0.39, 0.29) is 5.91 Å². The molecule has 0 aliphatic carbocycles. The van der Waals surface area contributed by atoms with Gasteiger partial charge in [-0.2, -0.15) is 0 Å². The molecule has 0 aliphatic heterocycles. The minimum Gasteiger partial charge on any atom is -0.493 e. The van der Waals surface area contributed by atoms with Crippen LogP contribution in [0.15, 0.2) is 36.4 Å². The predicted molar refractivity (Wildman–Crippen MR) is 83.1 cm³/mol. The van der Waals surface area contributed by atoms with Crippen molar-refractivity contribution in [3.05, 3.63) is 47.5 Å². The van der Waals surface area contributed by atoms with Crippen LogP contribution in [0.4, 0.5) is 11.4 Å². The summed E-state index contributed by atoms with van der Waals surface area (Å²) >= 11 is 0. The molecule has 0 unspecified atom stereocenters. The molecule has 0 fully saturated rings. The Morgan fingerprint density at radius 2 is 1.81 bits per heavy atom. The zero-order chi connectivity index (χ0) is 15.4. The Hall–Kier alpha value is -2.69. The fourth-order valence-electron chi connectivity index (χ4n) is 2.11. The molecule has 0 atom stereocenters. The first kappa shape index (κ1) is 14.7. The number of carbonyl (C=O) groups excluding carboxylic acids is 1. The smallest absolute Gasteiger partial charge is 0.259 e. The van der Waals surface area contributed by atoms with E-state index in [2.05, 4.69) is 5.32 Å². The van der Waals surface area contributed by atoms with Crippen molar-refractivity contribution in [2.75, 3.05) is 25.3 Å². The molecule has 3 N–H and O–H groups in total. The van der Waals surface area contributed by atoms with Crippen LogP contribution in [0.5, 0.6) is 11.5 Å². The first-order valence-corrected chi connectivity index (χ1v) is 6.46. The molecule has 2 rings (SSSR count). The van der Waals surface area contributed by atoms with Gasteiger partial charge >= 0.3 is 0 Å². The third kappa shape index (κ3) is 2.91. The van der Waals surface area contributed by atoms with Crippen LogP contribution in [0.2, 0.25) is 0 Å². The average molecular weight is 286 g/mol. The highest BCUT2D eigenvalue weighted by Crippen LogP contribution is 2.32. The quantitative estimate of drug-likeness (QED) is 0.848. The molecule has 0 spiro atoms. The summed E-state index contributed by atoms with van der Waals surface area (Å²) in [5.74, 6) is 0.597. The Labute approximate surface area is 123 Å². The van der Waals surface area contributed by atoms with E-state index in [9.17, 15) is 4.79 Å². The number of benzene rings is 2. The predicted octanol–water partition coefficient (Wildman–Crippen LogP) is 2.85. The molecule has 2 aromatic rings. The SMILES string of the molecule is COc1cccc(C(=O)Nc2c(C)cccc2N)c1OC. The molecular weight excluding hydrogens is 268 g/mol. The fourth-order valence-corrected chi connectivity index (χ4v) is 2.11. The van der Waals surface area contributed by atoms with E-state index in [1.165, 1.54) is 14.2 Å². The van der Waals surface area contributed by atoms with Gasteiger partial charge in [-0.25, -0.2) is 0 Å². The van der Waals surface area contributed by atoms with Gasteiger partial charge in [0.1, 0.15) is 0 Å². The molecule has 0 bridgehead atoms. The Morgan fingerprint density at radius 3 is 2.43 bits per heavy atom. The number of nitrogens with two attached hydrogens (primary N) is 1. The molecule has 0 aliphatic rings. The monoisotopic (exact) mass is 286 g/mol. The van der Waals surface area contributed by atoms with E-state index in [1.54, 1.807) is 24.3 Å². The number of anilines is 2. The lowest BCUT2D eigenvalue weighted by molar-refractivity contribution is 0.102. The van der Waals surface area contributed by atoms with Crippen LogP contribution in [-0.4, -0.2) is 20.1 Å². The van der Waals surface area contributed by atoms with Gasteiger partial charge in [0.15, 0.2) is 11.5 Å². The third-order valence-electron chi connectivity index (χ3n) is 3.19. The average Bonchev–Trinajstić information content (AvgIpc) is 2.49. The Balaban J connectivity index is 2.37. The number of para-hydroxylation sites is 2. The van der Waals surface area contributed by atoms with Crippen LogP contribution in [0.1, 0.15) is 15.9 Å². The van der Waals surface area contributed by atoms with Crippen molar-refractivity contribution >= 4 is 17.3 Å². The van der Waals surface area contributed by atoms with Gasteiger partial charge in [0.05, 0.1) is 31.2 Å². The zero-order valence-electron chi connectivity index (χ0n) is 12.3. The number of aryl methyl sites for hydroxylation is 1. The highest BCUT2D eigenvalue weighted by Gasteiger charge is 2.17. The highest BCUT2D eigenvalue weighted by atomic mass is 16.5. The van der Waals surface area contributed by atoms with Crippen LogP contribution >= 0.6 is 0 Å². The summed E-state index contributed by atoms with van der Waals surface area (Å²) in [5, 5.41) is 2.82. The first-order chi connectivity index (χ1) is 10.1. The summed E-state index contributed by atoms with van der Waals surface area (Å²) in [6.45, 7) is 1.88. The number of amides is 1. The van der Waals surface area contributed by atoms with Gasteiger partial charge in [-0.05, 0) is 30.7 Å². The molecule has 21 heavy (non-hydrogen) atoms. The summed E-state index contributed by atoms with van der Waals surface area (Å²) < 4.78 is 10.5. The molecule has 0 saturated carbocycles. The number of hydrogen-bond acceptors (Lipinski definition) is 4.